The van der Waals surface area contributed by atoms with Crippen LogP contribution in [0.25, 0.3) is 0 Å². The summed E-state index contributed by atoms with van der Waals surface area (Å²) in [5.74, 6) is -0.0378. The summed E-state index contributed by atoms with van der Waals surface area (Å²) in [6, 6.07) is 3.08. The molecule has 1 saturated heterocycles. The Morgan fingerprint density at radius 1 is 1.18 bits per heavy atom. The van der Waals surface area contributed by atoms with E-state index in [2.05, 4.69) is 42.8 Å². The molecule has 3 heterocycles. The molecule has 0 aromatic carbocycles. The molecule has 0 unspecified atom stereocenters. The Labute approximate surface area is 168 Å². The Bertz CT molecular complexity index is 775. The molecule has 10 heteroatoms. The minimum absolute atomic E-state index is 0.0378. The van der Waals surface area contributed by atoms with Crippen LogP contribution in [0.4, 0.5) is 15.6 Å². The summed E-state index contributed by atoms with van der Waals surface area (Å²) in [5.41, 5.74) is 0.594. The molecular weight excluding hydrogens is 378 g/mol. The highest BCUT2D eigenvalue weighted by Crippen LogP contribution is 2.18. The van der Waals surface area contributed by atoms with E-state index in [-0.39, 0.29) is 12.3 Å². The van der Waals surface area contributed by atoms with Gasteiger partial charge >= 0.3 is 6.03 Å². The number of carbonyl (C=O) groups excluding carboxylic acids is 2. The number of urea groups is 1. The molecular formula is C18H25N7O2S. The number of nitrogens with one attached hydrogen (secondary N) is 3. The van der Waals surface area contributed by atoms with E-state index in [4.69, 9.17) is 0 Å². The van der Waals surface area contributed by atoms with Crippen molar-refractivity contribution in [3.63, 3.8) is 0 Å². The molecule has 0 radical (unpaired) electrons. The van der Waals surface area contributed by atoms with Crippen LogP contribution < -0.4 is 16.0 Å². The van der Waals surface area contributed by atoms with E-state index >= 15 is 0 Å². The van der Waals surface area contributed by atoms with Crippen LogP contribution in [0.15, 0.2) is 30.7 Å². The molecule has 2 aromatic rings. The average molecular weight is 404 g/mol. The highest BCUT2D eigenvalue weighted by molar-refractivity contribution is 7.15. The third-order valence-corrected chi connectivity index (χ3v) is 5.29. The van der Waals surface area contributed by atoms with Gasteiger partial charge in [0, 0.05) is 56.5 Å². The highest BCUT2D eigenvalue weighted by atomic mass is 32.1. The van der Waals surface area contributed by atoms with Gasteiger partial charge in [0.05, 0.1) is 18.3 Å². The second-order valence-corrected chi connectivity index (χ2v) is 7.74. The van der Waals surface area contributed by atoms with Gasteiger partial charge in [0.25, 0.3) is 0 Å². The van der Waals surface area contributed by atoms with Gasteiger partial charge in [-0.2, -0.15) is 0 Å². The van der Waals surface area contributed by atoms with Crippen LogP contribution >= 0.6 is 11.3 Å². The molecule has 1 fully saturated rings. The van der Waals surface area contributed by atoms with Crippen molar-refractivity contribution in [2.45, 2.75) is 6.42 Å². The molecule has 0 spiro atoms. The fourth-order valence-corrected chi connectivity index (χ4v) is 3.60. The molecule has 150 valence electrons. The highest BCUT2D eigenvalue weighted by Gasteiger charge is 2.14. The second kappa shape index (κ2) is 10.1. The smallest absolute Gasteiger partial charge is 0.325 e. The van der Waals surface area contributed by atoms with Crippen molar-refractivity contribution in [2.75, 3.05) is 56.9 Å². The van der Waals surface area contributed by atoms with Crippen LogP contribution in [0, 0.1) is 0 Å². The molecule has 3 N–H and O–H groups in total. The third-order valence-electron chi connectivity index (χ3n) is 4.37. The summed E-state index contributed by atoms with van der Waals surface area (Å²) in [7, 11) is 2.12. The summed E-state index contributed by atoms with van der Waals surface area (Å²) in [6.45, 7) is 5.72. The number of likely N-dealkylation sites (N-methyl/N-ethyl adjacent to an activating group) is 1. The average Bonchev–Trinajstić information content (AvgIpc) is 3.10. The normalized spacial score (nSPS) is 15.2. The lowest BCUT2D eigenvalue weighted by molar-refractivity contribution is -0.120. The van der Waals surface area contributed by atoms with Crippen LogP contribution in [0.2, 0.25) is 0 Å². The first-order valence-electron chi connectivity index (χ1n) is 9.19. The monoisotopic (exact) mass is 403 g/mol. The Balaban J connectivity index is 1.36. The first kappa shape index (κ1) is 20.2. The number of aromatic nitrogens is 2. The molecule has 2 aromatic heterocycles. The van der Waals surface area contributed by atoms with E-state index in [1.54, 1.807) is 30.7 Å². The number of rotatable bonds is 7. The van der Waals surface area contributed by atoms with Crippen LogP contribution in [0.5, 0.6) is 0 Å². The van der Waals surface area contributed by atoms with Gasteiger partial charge in [-0.25, -0.2) is 9.78 Å². The van der Waals surface area contributed by atoms with Gasteiger partial charge in [-0.05, 0) is 19.2 Å². The van der Waals surface area contributed by atoms with Gasteiger partial charge in [0.15, 0.2) is 5.13 Å². The summed E-state index contributed by atoms with van der Waals surface area (Å²) in [6.07, 6.45) is 5.06. The Morgan fingerprint density at radius 3 is 2.75 bits per heavy atom. The number of thiazole rings is 1. The third kappa shape index (κ3) is 6.55. The number of carbonyl (C=O) groups is 2. The maximum Gasteiger partial charge on any atom is 0.325 e. The quantitative estimate of drug-likeness (QED) is 0.640. The number of pyridine rings is 1. The Morgan fingerprint density at radius 2 is 2.00 bits per heavy atom. The minimum Gasteiger partial charge on any atom is -0.355 e. The predicted octanol–water partition coefficient (Wildman–Crippen LogP) is 1.09. The lowest BCUT2D eigenvalue weighted by Gasteiger charge is -2.32. The number of anilines is 2. The molecule has 9 nitrogen and oxygen atoms in total. The molecule has 1 aliphatic rings. The summed E-state index contributed by atoms with van der Waals surface area (Å²) >= 11 is 1.29. The maximum absolute atomic E-state index is 12.1. The van der Waals surface area contributed by atoms with Crippen molar-refractivity contribution in [1.29, 1.82) is 0 Å². The Hall–Kier alpha value is -2.56. The summed E-state index contributed by atoms with van der Waals surface area (Å²) in [4.78, 5) is 37.6. The van der Waals surface area contributed by atoms with Gasteiger partial charge in [-0.1, -0.05) is 0 Å². The topological polar surface area (TPSA) is 102 Å². The zero-order chi connectivity index (χ0) is 19.8. The largest absolute Gasteiger partial charge is 0.355 e. The number of amides is 3. The number of piperazine rings is 1. The van der Waals surface area contributed by atoms with Crippen molar-refractivity contribution in [1.82, 2.24) is 25.1 Å². The first-order chi connectivity index (χ1) is 13.6. The zero-order valence-electron chi connectivity index (χ0n) is 15.9. The van der Waals surface area contributed by atoms with Gasteiger partial charge in [-0.15, -0.1) is 11.3 Å². The van der Waals surface area contributed by atoms with E-state index in [1.165, 1.54) is 11.3 Å². The van der Waals surface area contributed by atoms with Crippen LogP contribution in [-0.4, -0.2) is 78.0 Å². The van der Waals surface area contributed by atoms with E-state index in [0.29, 0.717) is 17.4 Å². The lowest BCUT2D eigenvalue weighted by Crippen LogP contribution is -2.47. The molecule has 3 amide bonds. The van der Waals surface area contributed by atoms with Crippen LogP contribution in [0.1, 0.15) is 4.88 Å². The number of nitrogens with zero attached hydrogens (tertiary/aromatic N) is 4. The van der Waals surface area contributed by atoms with Crippen LogP contribution in [-0.2, 0) is 11.2 Å². The molecule has 1 aliphatic heterocycles. The van der Waals surface area contributed by atoms with Crippen molar-refractivity contribution < 1.29 is 9.59 Å². The molecule has 0 saturated carbocycles. The van der Waals surface area contributed by atoms with Crippen LogP contribution in [0.3, 0.4) is 0 Å². The summed E-state index contributed by atoms with van der Waals surface area (Å²) < 4.78 is 0. The fourth-order valence-electron chi connectivity index (χ4n) is 2.79. The lowest BCUT2D eigenvalue weighted by atomic mass is 10.3. The minimum atomic E-state index is -0.398. The molecule has 0 aliphatic carbocycles. The summed E-state index contributed by atoms with van der Waals surface area (Å²) in [5, 5.41) is 8.73. The van der Waals surface area contributed by atoms with Gasteiger partial charge in [-0.3, -0.25) is 20.0 Å². The van der Waals surface area contributed by atoms with Gasteiger partial charge < -0.3 is 15.5 Å². The number of hydrogen-bond donors (Lipinski definition) is 3. The second-order valence-electron chi connectivity index (χ2n) is 6.62. The molecule has 28 heavy (non-hydrogen) atoms. The predicted molar refractivity (Wildman–Crippen MR) is 110 cm³/mol. The number of hydrogen-bond acceptors (Lipinski definition) is 7. The maximum atomic E-state index is 12.1. The van der Waals surface area contributed by atoms with Crippen molar-refractivity contribution in [3.8, 4) is 0 Å². The molecule has 0 atom stereocenters. The zero-order valence-corrected chi connectivity index (χ0v) is 16.7. The van der Waals surface area contributed by atoms with E-state index in [0.717, 1.165) is 37.6 Å². The van der Waals surface area contributed by atoms with Gasteiger partial charge in [0.1, 0.15) is 0 Å². The standard InChI is InChI=1S/C18H25N7O2S/c1-24-7-9-25(10-8-24)6-5-20-16(26)11-15-13-21-18(28-15)23-17(27)22-14-3-2-4-19-12-14/h2-4,12-13H,5-11H2,1H3,(H,20,26)(H2,21,22,23,27). The molecule has 0 bridgehead atoms. The van der Waals surface area contributed by atoms with Crippen molar-refractivity contribution in [2.24, 2.45) is 0 Å². The molecule has 3 rings (SSSR count). The van der Waals surface area contributed by atoms with E-state index in [9.17, 15) is 9.59 Å². The first-order valence-corrected chi connectivity index (χ1v) is 10.0. The van der Waals surface area contributed by atoms with E-state index < -0.39 is 6.03 Å². The fraction of sp³-hybridized carbons (Fsp3) is 0.444. The van der Waals surface area contributed by atoms with Crippen molar-refractivity contribution in [3.05, 3.63) is 35.6 Å². The van der Waals surface area contributed by atoms with E-state index in [1.807, 2.05) is 0 Å². The van der Waals surface area contributed by atoms with Gasteiger partial charge in [0.2, 0.25) is 5.91 Å². The Kier molecular flexibility index (Phi) is 7.29. The van der Waals surface area contributed by atoms with Crippen molar-refractivity contribution >= 4 is 34.1 Å². The SMILES string of the molecule is CN1CCN(CCNC(=O)Cc2cnc(NC(=O)Nc3cccnc3)s2)CC1.